The minimum atomic E-state index is -0.328. The fourth-order valence-electron chi connectivity index (χ4n) is 2.85. The van der Waals surface area contributed by atoms with Crippen molar-refractivity contribution in [1.82, 2.24) is 5.43 Å². The Hall–Kier alpha value is -2.17. The fourth-order valence-corrected chi connectivity index (χ4v) is 2.85. The van der Waals surface area contributed by atoms with Crippen LogP contribution in [0, 0.1) is 5.41 Å². The third kappa shape index (κ3) is 5.48. The van der Waals surface area contributed by atoms with Crippen molar-refractivity contribution in [3.63, 3.8) is 0 Å². The average molecular weight is 330 g/mol. The van der Waals surface area contributed by atoms with Gasteiger partial charge in [0.1, 0.15) is 11.5 Å². The Morgan fingerprint density at radius 3 is 2.50 bits per heavy atom. The molecule has 1 fully saturated rings. The zero-order valence-corrected chi connectivity index (χ0v) is 14.9. The summed E-state index contributed by atoms with van der Waals surface area (Å²) < 4.78 is 5.46. The summed E-state index contributed by atoms with van der Waals surface area (Å²) in [6, 6.07) is 7.70. The van der Waals surface area contributed by atoms with Crippen LogP contribution in [0.1, 0.15) is 58.4 Å². The Morgan fingerprint density at radius 2 is 1.92 bits per heavy atom. The first-order valence-electron chi connectivity index (χ1n) is 8.34. The molecular formula is C19H26N2O3. The molecule has 24 heavy (non-hydrogen) atoms. The number of benzene rings is 1. The number of hydrazone groups is 1. The van der Waals surface area contributed by atoms with E-state index >= 15 is 0 Å². The molecule has 1 N–H and O–H groups in total. The number of ether oxygens (including phenoxy) is 1. The van der Waals surface area contributed by atoms with Crippen LogP contribution in [0.5, 0.6) is 5.75 Å². The summed E-state index contributed by atoms with van der Waals surface area (Å²) in [6.45, 7) is 8.21. The van der Waals surface area contributed by atoms with E-state index in [1.165, 1.54) is 5.56 Å². The van der Waals surface area contributed by atoms with Gasteiger partial charge in [0.2, 0.25) is 0 Å². The summed E-state index contributed by atoms with van der Waals surface area (Å²) in [5.41, 5.74) is 4.35. The van der Waals surface area contributed by atoms with Crippen LogP contribution >= 0.6 is 0 Å². The molecule has 1 aliphatic carbocycles. The number of hydrogen-bond donors (Lipinski definition) is 1. The van der Waals surface area contributed by atoms with E-state index in [0.717, 1.165) is 12.1 Å². The van der Waals surface area contributed by atoms with Crippen molar-refractivity contribution in [3.8, 4) is 5.75 Å². The predicted octanol–water partition coefficient (Wildman–Crippen LogP) is 3.44. The molecule has 1 aromatic rings. The predicted molar refractivity (Wildman–Crippen MR) is 94.2 cm³/mol. The van der Waals surface area contributed by atoms with Gasteiger partial charge < -0.3 is 4.74 Å². The highest BCUT2D eigenvalue weighted by molar-refractivity contribution is 6.05. The molecule has 1 saturated carbocycles. The molecule has 0 bridgehead atoms. The minimum absolute atomic E-state index is 0.0897. The second kappa shape index (κ2) is 7.60. The lowest BCUT2D eigenvalue weighted by Crippen LogP contribution is -2.32. The maximum atomic E-state index is 11.8. The lowest BCUT2D eigenvalue weighted by Gasteiger charge is -2.28. The number of nitrogens with zero attached hydrogens (tertiary/aromatic N) is 1. The molecule has 0 aromatic heterocycles. The molecule has 0 radical (unpaired) electrons. The number of rotatable bonds is 5. The van der Waals surface area contributed by atoms with Crippen LogP contribution in [-0.2, 0) is 9.59 Å². The number of Topliss-reactive ketones (excluding diaryl/α,β-unsaturated/α-hetero) is 1. The van der Waals surface area contributed by atoms with Gasteiger partial charge in [0.25, 0.3) is 5.91 Å². The minimum Gasteiger partial charge on any atom is -0.484 e. The van der Waals surface area contributed by atoms with Gasteiger partial charge in [-0.15, -0.1) is 0 Å². The van der Waals surface area contributed by atoms with Gasteiger partial charge in [0, 0.05) is 18.6 Å². The standard InChI is InChI=1S/C19H26N2O3/c1-13(2)14-5-7-17(8-6-14)24-12-18(23)21-20-15-9-16(22)11-19(3,4)10-15/h5-8,13H,9-12H2,1-4H3,(H,21,23)/b20-15+. The Kier molecular flexibility index (Phi) is 5.75. The van der Waals surface area contributed by atoms with Gasteiger partial charge in [0.05, 0.1) is 0 Å². The van der Waals surface area contributed by atoms with Gasteiger partial charge in [-0.25, -0.2) is 5.43 Å². The van der Waals surface area contributed by atoms with Crippen LogP contribution in [0.2, 0.25) is 0 Å². The summed E-state index contributed by atoms with van der Waals surface area (Å²) in [5.74, 6) is 0.948. The van der Waals surface area contributed by atoms with Crippen molar-refractivity contribution in [1.29, 1.82) is 0 Å². The maximum Gasteiger partial charge on any atom is 0.277 e. The number of amides is 1. The number of nitrogens with one attached hydrogen (secondary N) is 1. The summed E-state index contributed by atoms with van der Waals surface area (Å²) >= 11 is 0. The van der Waals surface area contributed by atoms with Gasteiger partial charge in [-0.1, -0.05) is 39.8 Å². The molecule has 0 heterocycles. The molecule has 1 amide bonds. The van der Waals surface area contributed by atoms with E-state index in [0.29, 0.717) is 24.5 Å². The Morgan fingerprint density at radius 1 is 1.25 bits per heavy atom. The molecule has 1 aromatic carbocycles. The van der Waals surface area contributed by atoms with E-state index in [4.69, 9.17) is 4.74 Å². The zero-order chi connectivity index (χ0) is 17.7. The summed E-state index contributed by atoms with van der Waals surface area (Å²) in [5, 5.41) is 4.10. The molecule has 0 spiro atoms. The van der Waals surface area contributed by atoms with Crippen LogP contribution in [-0.4, -0.2) is 24.0 Å². The maximum absolute atomic E-state index is 11.8. The zero-order valence-electron chi connectivity index (χ0n) is 14.9. The molecule has 2 rings (SSSR count). The van der Waals surface area contributed by atoms with Crippen LogP contribution in [0.25, 0.3) is 0 Å². The first kappa shape index (κ1) is 18.2. The van der Waals surface area contributed by atoms with E-state index in [1.807, 2.05) is 38.1 Å². The molecular weight excluding hydrogens is 304 g/mol. The van der Waals surface area contributed by atoms with Gasteiger partial charge in [-0.3, -0.25) is 9.59 Å². The highest BCUT2D eigenvalue weighted by Gasteiger charge is 2.30. The molecule has 130 valence electrons. The largest absolute Gasteiger partial charge is 0.484 e. The monoisotopic (exact) mass is 330 g/mol. The Labute approximate surface area is 143 Å². The van der Waals surface area contributed by atoms with Crippen molar-refractivity contribution < 1.29 is 14.3 Å². The SMILES string of the molecule is CC(C)c1ccc(OCC(=O)N/N=C2\CC(=O)CC(C)(C)C2)cc1. The van der Waals surface area contributed by atoms with E-state index in [2.05, 4.69) is 24.4 Å². The van der Waals surface area contributed by atoms with E-state index in [1.54, 1.807) is 0 Å². The molecule has 0 aliphatic heterocycles. The third-order valence-electron chi connectivity index (χ3n) is 4.01. The molecule has 5 heteroatoms. The van der Waals surface area contributed by atoms with E-state index in [9.17, 15) is 9.59 Å². The van der Waals surface area contributed by atoms with E-state index in [-0.39, 0.29) is 23.7 Å². The highest BCUT2D eigenvalue weighted by Crippen LogP contribution is 2.31. The highest BCUT2D eigenvalue weighted by atomic mass is 16.5. The number of carbonyl (C=O) groups is 2. The van der Waals surface area contributed by atoms with Crippen molar-refractivity contribution in [2.75, 3.05) is 6.61 Å². The summed E-state index contributed by atoms with van der Waals surface area (Å²) in [6.07, 6.45) is 1.60. The second-order valence-corrected chi connectivity index (χ2v) is 7.46. The van der Waals surface area contributed by atoms with Gasteiger partial charge in [-0.2, -0.15) is 5.10 Å². The average Bonchev–Trinajstić information content (AvgIpc) is 2.49. The third-order valence-corrected chi connectivity index (χ3v) is 4.01. The smallest absolute Gasteiger partial charge is 0.277 e. The Bertz CT molecular complexity index is 631. The molecule has 0 atom stereocenters. The first-order valence-corrected chi connectivity index (χ1v) is 8.34. The number of hydrogen-bond acceptors (Lipinski definition) is 4. The van der Waals surface area contributed by atoms with Gasteiger partial charge in [0.15, 0.2) is 6.61 Å². The van der Waals surface area contributed by atoms with Crippen molar-refractivity contribution in [2.45, 2.75) is 52.9 Å². The molecule has 5 nitrogen and oxygen atoms in total. The van der Waals surface area contributed by atoms with Crippen LogP contribution in [0.3, 0.4) is 0 Å². The fraction of sp³-hybridized carbons (Fsp3) is 0.526. The van der Waals surface area contributed by atoms with E-state index < -0.39 is 0 Å². The van der Waals surface area contributed by atoms with Crippen molar-refractivity contribution in [3.05, 3.63) is 29.8 Å². The quantitative estimate of drug-likeness (QED) is 0.841. The summed E-state index contributed by atoms with van der Waals surface area (Å²) in [4.78, 5) is 23.6. The van der Waals surface area contributed by atoms with Crippen LogP contribution in [0.15, 0.2) is 29.4 Å². The molecule has 0 saturated heterocycles. The van der Waals surface area contributed by atoms with Gasteiger partial charge >= 0.3 is 0 Å². The number of carbonyl (C=O) groups excluding carboxylic acids is 2. The Balaban J connectivity index is 1.83. The number of ketones is 1. The van der Waals surface area contributed by atoms with Crippen molar-refractivity contribution >= 4 is 17.4 Å². The normalized spacial score (nSPS) is 18.7. The van der Waals surface area contributed by atoms with Crippen LogP contribution in [0.4, 0.5) is 0 Å². The first-order chi connectivity index (χ1) is 11.2. The summed E-state index contributed by atoms with van der Waals surface area (Å²) in [7, 11) is 0. The van der Waals surface area contributed by atoms with Crippen molar-refractivity contribution in [2.24, 2.45) is 10.5 Å². The lowest BCUT2D eigenvalue weighted by atomic mass is 9.76. The van der Waals surface area contributed by atoms with Crippen LogP contribution < -0.4 is 10.2 Å². The van der Waals surface area contributed by atoms with Gasteiger partial charge in [-0.05, 0) is 35.4 Å². The molecule has 1 aliphatic rings. The second-order valence-electron chi connectivity index (χ2n) is 7.46. The topological polar surface area (TPSA) is 67.8 Å². The molecule has 0 unspecified atom stereocenters. The lowest BCUT2D eigenvalue weighted by molar-refractivity contribution is -0.123.